The van der Waals surface area contributed by atoms with Crippen molar-refractivity contribution in [2.45, 2.75) is 96.8 Å². The minimum atomic E-state index is 1.08. The Hall–Kier alpha value is 0. The minimum Gasteiger partial charge on any atom is -0.0654 e. The second-order valence-corrected chi connectivity index (χ2v) is 7.03. The quantitative estimate of drug-likeness (QED) is 0.515. The molecule has 2 aliphatic carbocycles. The Morgan fingerprint density at radius 3 is 2.00 bits per heavy atom. The standard InChI is InChI=1S/C18H34/c1-2-9-17(18-12-7-4-8-13-18)15-14-16-10-5-3-6-11-16/h16-18H,2-15H2,1H3. The molecular weight excluding hydrogens is 216 g/mol. The largest absolute Gasteiger partial charge is 0.0654 e. The summed E-state index contributed by atoms with van der Waals surface area (Å²) in [4.78, 5) is 0. The highest BCUT2D eigenvalue weighted by Gasteiger charge is 2.24. The van der Waals surface area contributed by atoms with Gasteiger partial charge in [-0.3, -0.25) is 0 Å². The maximum Gasteiger partial charge on any atom is -0.0386 e. The molecule has 2 rings (SSSR count). The molecule has 1 unspecified atom stereocenters. The van der Waals surface area contributed by atoms with Crippen LogP contribution in [0.5, 0.6) is 0 Å². The average molecular weight is 250 g/mol. The fourth-order valence-corrected chi connectivity index (χ4v) is 4.52. The molecule has 0 aliphatic heterocycles. The van der Waals surface area contributed by atoms with E-state index in [1.807, 2.05) is 0 Å². The Labute approximate surface area is 115 Å². The monoisotopic (exact) mass is 250 g/mol. The van der Waals surface area contributed by atoms with Crippen LogP contribution in [-0.2, 0) is 0 Å². The van der Waals surface area contributed by atoms with Crippen molar-refractivity contribution in [3.8, 4) is 0 Å². The summed E-state index contributed by atoms with van der Waals surface area (Å²) in [6.45, 7) is 2.39. The third-order valence-corrected chi connectivity index (χ3v) is 5.65. The van der Waals surface area contributed by atoms with Gasteiger partial charge >= 0.3 is 0 Å². The van der Waals surface area contributed by atoms with Crippen LogP contribution in [0.3, 0.4) is 0 Å². The van der Waals surface area contributed by atoms with E-state index in [1.165, 1.54) is 51.4 Å². The highest BCUT2D eigenvalue weighted by Crippen LogP contribution is 2.37. The van der Waals surface area contributed by atoms with Gasteiger partial charge < -0.3 is 0 Å². The lowest BCUT2D eigenvalue weighted by molar-refractivity contribution is 0.201. The fourth-order valence-electron chi connectivity index (χ4n) is 4.52. The molecule has 2 saturated carbocycles. The molecule has 0 N–H and O–H groups in total. The van der Waals surface area contributed by atoms with E-state index >= 15 is 0 Å². The van der Waals surface area contributed by atoms with Gasteiger partial charge in [0.1, 0.15) is 0 Å². The van der Waals surface area contributed by atoms with E-state index in [1.54, 1.807) is 38.5 Å². The van der Waals surface area contributed by atoms with Crippen molar-refractivity contribution < 1.29 is 0 Å². The Balaban J connectivity index is 1.73. The molecular formula is C18H34. The van der Waals surface area contributed by atoms with Crippen molar-refractivity contribution in [3.63, 3.8) is 0 Å². The van der Waals surface area contributed by atoms with Gasteiger partial charge in [0.25, 0.3) is 0 Å². The van der Waals surface area contributed by atoms with E-state index in [0.717, 1.165) is 17.8 Å². The molecule has 0 amide bonds. The predicted octanol–water partition coefficient (Wildman–Crippen LogP) is 6.34. The van der Waals surface area contributed by atoms with Crippen molar-refractivity contribution in [3.05, 3.63) is 0 Å². The Morgan fingerprint density at radius 1 is 0.778 bits per heavy atom. The van der Waals surface area contributed by atoms with Gasteiger partial charge in [0.15, 0.2) is 0 Å². The Kier molecular flexibility index (Phi) is 6.59. The predicted molar refractivity (Wildman–Crippen MR) is 80.8 cm³/mol. The first-order valence-corrected chi connectivity index (χ1v) is 8.90. The molecule has 0 aromatic carbocycles. The van der Waals surface area contributed by atoms with Gasteiger partial charge in [-0.1, -0.05) is 90.4 Å². The number of rotatable bonds is 6. The molecule has 0 spiro atoms. The molecule has 0 nitrogen and oxygen atoms in total. The maximum absolute atomic E-state index is 2.39. The smallest absolute Gasteiger partial charge is 0.0386 e. The molecule has 0 saturated heterocycles. The molecule has 18 heavy (non-hydrogen) atoms. The van der Waals surface area contributed by atoms with Crippen molar-refractivity contribution in [1.82, 2.24) is 0 Å². The van der Waals surface area contributed by atoms with Crippen molar-refractivity contribution in [2.75, 3.05) is 0 Å². The molecule has 0 aromatic rings. The van der Waals surface area contributed by atoms with Gasteiger partial charge in [0.2, 0.25) is 0 Å². The molecule has 0 bridgehead atoms. The zero-order valence-electron chi connectivity index (χ0n) is 12.6. The summed E-state index contributed by atoms with van der Waals surface area (Å²) in [5.74, 6) is 3.28. The summed E-state index contributed by atoms with van der Waals surface area (Å²) in [5, 5.41) is 0. The first-order chi connectivity index (χ1) is 8.90. The summed E-state index contributed by atoms with van der Waals surface area (Å²) in [6.07, 6.45) is 21.3. The fraction of sp³-hybridized carbons (Fsp3) is 1.00. The molecule has 1 atom stereocenters. The van der Waals surface area contributed by atoms with Crippen LogP contribution < -0.4 is 0 Å². The zero-order valence-corrected chi connectivity index (χ0v) is 12.6. The first-order valence-electron chi connectivity index (χ1n) is 8.90. The lowest BCUT2D eigenvalue weighted by Gasteiger charge is -2.32. The summed E-state index contributed by atoms with van der Waals surface area (Å²) < 4.78 is 0. The highest BCUT2D eigenvalue weighted by atomic mass is 14.3. The number of hydrogen-bond acceptors (Lipinski definition) is 0. The first kappa shape index (κ1) is 14.4. The van der Waals surface area contributed by atoms with Gasteiger partial charge in [-0.15, -0.1) is 0 Å². The molecule has 0 heteroatoms. The Bertz CT molecular complexity index is 196. The summed E-state index contributed by atoms with van der Waals surface area (Å²) in [6, 6.07) is 0. The van der Waals surface area contributed by atoms with Crippen LogP contribution in [0.2, 0.25) is 0 Å². The van der Waals surface area contributed by atoms with Gasteiger partial charge in [0.05, 0.1) is 0 Å². The topological polar surface area (TPSA) is 0 Å². The third-order valence-electron chi connectivity index (χ3n) is 5.65. The minimum absolute atomic E-state index is 1.08. The lowest BCUT2D eigenvalue weighted by Crippen LogP contribution is -2.19. The maximum atomic E-state index is 2.39. The zero-order chi connectivity index (χ0) is 12.6. The van der Waals surface area contributed by atoms with Crippen LogP contribution in [0.4, 0.5) is 0 Å². The van der Waals surface area contributed by atoms with Crippen molar-refractivity contribution in [2.24, 2.45) is 17.8 Å². The molecule has 0 heterocycles. The van der Waals surface area contributed by atoms with E-state index in [-0.39, 0.29) is 0 Å². The molecule has 0 aromatic heterocycles. The second-order valence-electron chi connectivity index (χ2n) is 7.03. The van der Waals surface area contributed by atoms with E-state index in [2.05, 4.69) is 6.92 Å². The van der Waals surface area contributed by atoms with E-state index in [9.17, 15) is 0 Å². The Morgan fingerprint density at radius 2 is 1.39 bits per heavy atom. The summed E-state index contributed by atoms with van der Waals surface area (Å²) >= 11 is 0. The van der Waals surface area contributed by atoms with Gasteiger partial charge in [-0.05, 0) is 24.2 Å². The van der Waals surface area contributed by atoms with Crippen LogP contribution in [-0.4, -0.2) is 0 Å². The third kappa shape index (κ3) is 4.59. The second kappa shape index (κ2) is 8.23. The van der Waals surface area contributed by atoms with Crippen molar-refractivity contribution in [1.29, 1.82) is 0 Å². The molecule has 106 valence electrons. The summed E-state index contributed by atoms with van der Waals surface area (Å²) in [7, 11) is 0. The summed E-state index contributed by atoms with van der Waals surface area (Å²) in [5.41, 5.74) is 0. The van der Waals surface area contributed by atoms with Gasteiger partial charge in [0, 0.05) is 0 Å². The average Bonchev–Trinajstić information content (AvgIpc) is 2.45. The van der Waals surface area contributed by atoms with Gasteiger partial charge in [-0.25, -0.2) is 0 Å². The van der Waals surface area contributed by atoms with Gasteiger partial charge in [-0.2, -0.15) is 0 Å². The van der Waals surface area contributed by atoms with Crippen LogP contribution >= 0.6 is 0 Å². The highest BCUT2D eigenvalue weighted by molar-refractivity contribution is 4.76. The van der Waals surface area contributed by atoms with Crippen LogP contribution in [0.15, 0.2) is 0 Å². The van der Waals surface area contributed by atoms with E-state index < -0.39 is 0 Å². The van der Waals surface area contributed by atoms with E-state index in [4.69, 9.17) is 0 Å². The van der Waals surface area contributed by atoms with Crippen LogP contribution in [0.1, 0.15) is 96.8 Å². The van der Waals surface area contributed by atoms with Crippen molar-refractivity contribution >= 4 is 0 Å². The molecule has 0 radical (unpaired) electrons. The van der Waals surface area contributed by atoms with Crippen LogP contribution in [0.25, 0.3) is 0 Å². The molecule has 2 aliphatic rings. The SMILES string of the molecule is CCCC(CCC1CCCCC1)C1CCCCC1. The van der Waals surface area contributed by atoms with Crippen LogP contribution in [0, 0.1) is 17.8 Å². The van der Waals surface area contributed by atoms with E-state index in [0.29, 0.717) is 0 Å². The number of hydrogen-bond donors (Lipinski definition) is 0. The molecule has 2 fully saturated rings. The lowest BCUT2D eigenvalue weighted by atomic mass is 9.74. The normalized spacial score (nSPS) is 25.2.